The van der Waals surface area contributed by atoms with Gasteiger partial charge in [0, 0.05) is 6.42 Å². The molecule has 10 nitrogen and oxygen atoms in total. The highest BCUT2D eigenvalue weighted by atomic mass is 32.2. The molecule has 1 aliphatic heterocycles. The highest BCUT2D eigenvalue weighted by Gasteiger charge is 2.41. The fourth-order valence-corrected chi connectivity index (χ4v) is 4.62. The summed E-state index contributed by atoms with van der Waals surface area (Å²) in [6, 6.07) is 14.2. The molecule has 11 heteroatoms. The first-order chi connectivity index (χ1) is 17.9. The SMILES string of the molecule is CSc1nnnc2ncn([C@H]3C[C@H](OC(=O)c4ccc(C)cc4)[C@@H](COC(=O)c4ccc(C)cc4)O3)c12. The van der Waals surface area contributed by atoms with E-state index in [2.05, 4.69) is 20.4 Å². The van der Waals surface area contributed by atoms with Gasteiger partial charge in [0.25, 0.3) is 0 Å². The third-order valence-electron chi connectivity index (χ3n) is 6.15. The van der Waals surface area contributed by atoms with E-state index in [9.17, 15) is 9.59 Å². The summed E-state index contributed by atoms with van der Waals surface area (Å²) in [7, 11) is 0. The maximum Gasteiger partial charge on any atom is 0.338 e. The third kappa shape index (κ3) is 5.32. The van der Waals surface area contributed by atoms with Crippen molar-refractivity contribution in [3.05, 3.63) is 77.1 Å². The fourth-order valence-electron chi connectivity index (χ4n) is 4.11. The Balaban J connectivity index is 1.37. The van der Waals surface area contributed by atoms with Crippen LogP contribution in [0.15, 0.2) is 59.9 Å². The first-order valence-corrected chi connectivity index (χ1v) is 12.9. The number of aryl methyl sites for hydroxylation is 2. The Morgan fingerprint density at radius 2 is 1.65 bits per heavy atom. The van der Waals surface area contributed by atoms with Crippen molar-refractivity contribution in [1.82, 2.24) is 25.0 Å². The second-order valence-corrected chi connectivity index (χ2v) is 9.56. The Morgan fingerprint density at radius 1 is 1.00 bits per heavy atom. The zero-order chi connectivity index (χ0) is 25.9. The lowest BCUT2D eigenvalue weighted by Crippen LogP contribution is -2.32. The predicted molar refractivity (Wildman–Crippen MR) is 135 cm³/mol. The zero-order valence-electron chi connectivity index (χ0n) is 20.5. The molecule has 3 atom stereocenters. The monoisotopic (exact) mass is 519 g/mol. The second-order valence-electron chi connectivity index (χ2n) is 8.76. The van der Waals surface area contributed by atoms with Crippen LogP contribution >= 0.6 is 11.8 Å². The van der Waals surface area contributed by atoms with Crippen molar-refractivity contribution in [3.63, 3.8) is 0 Å². The molecule has 0 amide bonds. The number of hydrogen-bond donors (Lipinski definition) is 0. The molecule has 0 radical (unpaired) electrons. The van der Waals surface area contributed by atoms with Crippen molar-refractivity contribution in [2.75, 3.05) is 12.9 Å². The van der Waals surface area contributed by atoms with E-state index in [1.807, 2.05) is 44.4 Å². The number of nitrogens with zero attached hydrogens (tertiary/aromatic N) is 5. The quantitative estimate of drug-likeness (QED) is 0.262. The number of hydrogen-bond acceptors (Lipinski definition) is 10. The minimum atomic E-state index is -0.688. The van der Waals surface area contributed by atoms with Crippen LogP contribution in [0.4, 0.5) is 0 Å². The number of esters is 2. The number of imidazole rings is 1. The molecular formula is C26H25N5O5S. The van der Waals surface area contributed by atoms with Crippen LogP contribution in [0.1, 0.15) is 44.5 Å². The summed E-state index contributed by atoms with van der Waals surface area (Å²) < 4.78 is 19.5. The molecule has 0 N–H and O–H groups in total. The zero-order valence-corrected chi connectivity index (χ0v) is 21.3. The Hall–Kier alpha value is -3.83. The molecule has 0 unspecified atom stereocenters. The smallest absolute Gasteiger partial charge is 0.338 e. The van der Waals surface area contributed by atoms with E-state index in [4.69, 9.17) is 14.2 Å². The number of rotatable bonds is 7. The van der Waals surface area contributed by atoms with Crippen LogP contribution < -0.4 is 0 Å². The topological polar surface area (TPSA) is 118 Å². The highest BCUT2D eigenvalue weighted by Crippen LogP contribution is 2.35. The summed E-state index contributed by atoms with van der Waals surface area (Å²) in [5.41, 5.74) is 4.05. The molecule has 0 bridgehead atoms. The molecule has 1 aliphatic rings. The van der Waals surface area contributed by atoms with E-state index in [1.165, 1.54) is 11.8 Å². The number of fused-ring (bicyclic) bond motifs is 1. The van der Waals surface area contributed by atoms with Gasteiger partial charge in [-0.05, 0) is 49.6 Å². The van der Waals surface area contributed by atoms with Crippen LogP contribution in [-0.4, -0.2) is 62.0 Å². The molecule has 5 rings (SSSR count). The Morgan fingerprint density at radius 3 is 2.30 bits per heavy atom. The van der Waals surface area contributed by atoms with Gasteiger partial charge in [0.2, 0.25) is 5.65 Å². The number of aromatic nitrogens is 5. The number of benzene rings is 2. The van der Waals surface area contributed by atoms with Crippen molar-refractivity contribution in [2.24, 2.45) is 0 Å². The predicted octanol–water partition coefficient (Wildman–Crippen LogP) is 3.93. The summed E-state index contributed by atoms with van der Waals surface area (Å²) in [6.45, 7) is 3.80. The van der Waals surface area contributed by atoms with Gasteiger partial charge in [0.05, 0.1) is 17.5 Å². The molecule has 0 saturated carbocycles. The van der Waals surface area contributed by atoms with Crippen molar-refractivity contribution in [2.45, 2.75) is 43.7 Å². The van der Waals surface area contributed by atoms with E-state index in [-0.39, 0.29) is 6.61 Å². The van der Waals surface area contributed by atoms with Crippen molar-refractivity contribution in [3.8, 4) is 0 Å². The van der Waals surface area contributed by atoms with Crippen LogP contribution in [0.3, 0.4) is 0 Å². The van der Waals surface area contributed by atoms with Crippen LogP contribution in [0.5, 0.6) is 0 Å². The van der Waals surface area contributed by atoms with Gasteiger partial charge in [-0.2, -0.15) is 0 Å². The summed E-state index contributed by atoms with van der Waals surface area (Å²) >= 11 is 1.41. The minimum Gasteiger partial charge on any atom is -0.459 e. The molecule has 4 aromatic rings. The van der Waals surface area contributed by atoms with Crippen LogP contribution in [0.2, 0.25) is 0 Å². The average Bonchev–Trinajstić information content (AvgIpc) is 3.52. The van der Waals surface area contributed by atoms with Gasteiger partial charge < -0.3 is 14.2 Å². The maximum absolute atomic E-state index is 12.9. The lowest BCUT2D eigenvalue weighted by molar-refractivity contribution is -0.0563. The van der Waals surface area contributed by atoms with E-state index < -0.39 is 30.4 Å². The van der Waals surface area contributed by atoms with Gasteiger partial charge >= 0.3 is 11.9 Å². The molecule has 3 heterocycles. The van der Waals surface area contributed by atoms with Crippen molar-refractivity contribution in [1.29, 1.82) is 0 Å². The van der Waals surface area contributed by atoms with Crippen molar-refractivity contribution < 1.29 is 23.8 Å². The summed E-state index contributed by atoms with van der Waals surface area (Å²) in [5.74, 6) is -0.954. The summed E-state index contributed by atoms with van der Waals surface area (Å²) in [5, 5.41) is 12.5. The van der Waals surface area contributed by atoms with Gasteiger partial charge in [-0.25, -0.2) is 14.6 Å². The van der Waals surface area contributed by atoms with E-state index in [0.717, 1.165) is 11.1 Å². The van der Waals surface area contributed by atoms with Gasteiger partial charge in [-0.1, -0.05) is 35.4 Å². The lowest BCUT2D eigenvalue weighted by atomic mass is 10.1. The minimum absolute atomic E-state index is 0.0882. The molecule has 2 aromatic heterocycles. The Kier molecular flexibility index (Phi) is 7.15. The van der Waals surface area contributed by atoms with Gasteiger partial charge in [0.15, 0.2) is 0 Å². The van der Waals surface area contributed by atoms with Crippen LogP contribution in [0, 0.1) is 13.8 Å². The third-order valence-corrected chi connectivity index (χ3v) is 6.81. The van der Waals surface area contributed by atoms with Gasteiger partial charge in [-0.3, -0.25) is 4.57 Å². The number of carbonyl (C=O) groups is 2. The average molecular weight is 520 g/mol. The molecular weight excluding hydrogens is 494 g/mol. The Labute approximate surface area is 217 Å². The highest BCUT2D eigenvalue weighted by molar-refractivity contribution is 7.98. The standard InChI is InChI=1S/C26H25N5O5S/c1-15-4-8-17(9-5-15)25(32)34-13-20-19(36-26(33)18-10-6-16(2)7-11-18)12-21(35-20)31-14-27-23-22(31)24(37-3)29-30-28-23/h4-11,14,19-21H,12-13H2,1-3H3/t19-,20+,21+/m0/s1. The Bertz CT molecular complexity index is 1420. The van der Waals surface area contributed by atoms with Gasteiger partial charge in [0.1, 0.15) is 35.6 Å². The lowest BCUT2D eigenvalue weighted by Gasteiger charge is -2.19. The van der Waals surface area contributed by atoms with Crippen molar-refractivity contribution >= 4 is 34.9 Å². The normalized spacial score (nSPS) is 19.2. The molecule has 190 valence electrons. The van der Waals surface area contributed by atoms with Gasteiger partial charge in [-0.15, -0.1) is 22.0 Å². The molecule has 1 fully saturated rings. The van der Waals surface area contributed by atoms with E-state index >= 15 is 0 Å². The molecule has 0 aliphatic carbocycles. The fraction of sp³-hybridized carbons (Fsp3) is 0.308. The van der Waals surface area contributed by atoms with Crippen LogP contribution in [0.25, 0.3) is 11.2 Å². The molecule has 2 aromatic carbocycles. The first kappa shape index (κ1) is 24.8. The second kappa shape index (κ2) is 10.7. The largest absolute Gasteiger partial charge is 0.459 e. The molecule has 1 saturated heterocycles. The van der Waals surface area contributed by atoms with E-state index in [1.54, 1.807) is 35.2 Å². The molecule has 0 spiro atoms. The number of carbonyl (C=O) groups excluding carboxylic acids is 2. The van der Waals surface area contributed by atoms with E-state index in [0.29, 0.717) is 33.7 Å². The summed E-state index contributed by atoms with van der Waals surface area (Å²) in [6.07, 6.45) is 1.92. The number of thioether (sulfide) groups is 1. The number of ether oxygens (including phenoxy) is 3. The molecule has 37 heavy (non-hydrogen) atoms. The first-order valence-electron chi connectivity index (χ1n) is 11.7. The maximum atomic E-state index is 12.9. The summed E-state index contributed by atoms with van der Waals surface area (Å²) in [4.78, 5) is 29.9. The van der Waals surface area contributed by atoms with Crippen LogP contribution in [-0.2, 0) is 14.2 Å².